The third-order valence-electron chi connectivity index (χ3n) is 5.89. The SMILES string of the molecule is COc1cc(OC)c(C2CC(=O)N3CN(c4cc(Cl)ccc4OC)CSC3=C2C#N)cc1OC. The Morgan fingerprint density at radius 2 is 1.68 bits per heavy atom. The summed E-state index contributed by atoms with van der Waals surface area (Å²) in [7, 11) is 6.23. The Balaban J connectivity index is 1.73. The second kappa shape index (κ2) is 9.95. The van der Waals surface area contributed by atoms with Crippen molar-refractivity contribution in [3.05, 3.63) is 51.5 Å². The van der Waals surface area contributed by atoms with E-state index in [2.05, 4.69) is 6.07 Å². The molecule has 2 aromatic rings. The highest BCUT2D eigenvalue weighted by Gasteiger charge is 2.40. The number of amides is 1. The summed E-state index contributed by atoms with van der Waals surface area (Å²) in [6, 6.07) is 11.2. The molecule has 1 amide bonds. The van der Waals surface area contributed by atoms with Gasteiger partial charge in [-0.25, -0.2) is 0 Å². The number of allylic oxidation sites excluding steroid dienone is 1. The van der Waals surface area contributed by atoms with E-state index in [1.165, 1.54) is 11.8 Å². The number of fused-ring (bicyclic) bond motifs is 1. The molecule has 4 rings (SSSR count). The molecular weight excluding hydrogens is 478 g/mol. The maximum absolute atomic E-state index is 13.3. The van der Waals surface area contributed by atoms with Crippen molar-refractivity contribution in [2.75, 3.05) is 45.9 Å². The number of nitriles is 1. The zero-order valence-electron chi connectivity index (χ0n) is 19.3. The van der Waals surface area contributed by atoms with Crippen LogP contribution >= 0.6 is 23.4 Å². The van der Waals surface area contributed by atoms with Crippen LogP contribution in [0.1, 0.15) is 17.9 Å². The van der Waals surface area contributed by atoms with Crippen molar-refractivity contribution >= 4 is 35.0 Å². The highest BCUT2D eigenvalue weighted by Crippen LogP contribution is 2.48. The second-order valence-corrected chi connectivity index (χ2v) is 9.00. The van der Waals surface area contributed by atoms with Crippen molar-refractivity contribution in [1.82, 2.24) is 4.90 Å². The molecule has 178 valence electrons. The van der Waals surface area contributed by atoms with Gasteiger partial charge in [0.05, 0.1) is 63.3 Å². The first-order chi connectivity index (χ1) is 16.4. The number of carbonyl (C=O) groups excluding carboxylic acids is 1. The topological polar surface area (TPSA) is 84.3 Å². The van der Waals surface area contributed by atoms with Gasteiger partial charge >= 0.3 is 0 Å². The van der Waals surface area contributed by atoms with Crippen LogP contribution in [0.4, 0.5) is 5.69 Å². The van der Waals surface area contributed by atoms with Crippen LogP contribution in [-0.2, 0) is 4.79 Å². The maximum Gasteiger partial charge on any atom is 0.229 e. The smallest absolute Gasteiger partial charge is 0.229 e. The number of carbonyl (C=O) groups is 1. The van der Waals surface area contributed by atoms with Gasteiger partial charge in [0.15, 0.2) is 11.5 Å². The fourth-order valence-corrected chi connectivity index (χ4v) is 5.54. The van der Waals surface area contributed by atoms with E-state index in [9.17, 15) is 10.1 Å². The summed E-state index contributed by atoms with van der Waals surface area (Å²) < 4.78 is 21.9. The van der Waals surface area contributed by atoms with Crippen molar-refractivity contribution < 1.29 is 23.7 Å². The number of rotatable bonds is 6. The third kappa shape index (κ3) is 4.19. The Hall–Kier alpha value is -3.22. The highest BCUT2D eigenvalue weighted by atomic mass is 35.5. The molecule has 34 heavy (non-hydrogen) atoms. The molecule has 0 aromatic heterocycles. The predicted molar refractivity (Wildman–Crippen MR) is 131 cm³/mol. The molecular formula is C24H24ClN3O5S. The summed E-state index contributed by atoms with van der Waals surface area (Å²) in [6.07, 6.45) is 0.124. The molecule has 1 fully saturated rings. The largest absolute Gasteiger partial charge is 0.496 e. The van der Waals surface area contributed by atoms with E-state index >= 15 is 0 Å². The van der Waals surface area contributed by atoms with Gasteiger partial charge in [-0.2, -0.15) is 5.26 Å². The molecule has 0 N–H and O–H groups in total. The number of ether oxygens (including phenoxy) is 4. The average Bonchev–Trinajstić information content (AvgIpc) is 2.87. The number of hydrogen-bond donors (Lipinski definition) is 0. The molecule has 2 aliphatic rings. The Bertz CT molecular complexity index is 1200. The van der Waals surface area contributed by atoms with Gasteiger partial charge in [0, 0.05) is 29.0 Å². The number of benzene rings is 2. The molecule has 2 aliphatic heterocycles. The van der Waals surface area contributed by atoms with Crippen LogP contribution < -0.4 is 23.8 Å². The van der Waals surface area contributed by atoms with Crippen LogP contribution in [0.15, 0.2) is 40.9 Å². The molecule has 2 aromatic carbocycles. The van der Waals surface area contributed by atoms with Gasteiger partial charge in [-0.15, -0.1) is 0 Å². The lowest BCUT2D eigenvalue weighted by Crippen LogP contribution is -2.47. The summed E-state index contributed by atoms with van der Waals surface area (Å²) in [5.41, 5.74) is 2.01. The van der Waals surface area contributed by atoms with Gasteiger partial charge in [0.2, 0.25) is 5.91 Å². The van der Waals surface area contributed by atoms with Gasteiger partial charge in [-0.1, -0.05) is 23.4 Å². The molecule has 1 atom stereocenters. The lowest BCUT2D eigenvalue weighted by molar-refractivity contribution is -0.129. The number of anilines is 1. The first-order valence-corrected chi connectivity index (χ1v) is 11.8. The van der Waals surface area contributed by atoms with Crippen molar-refractivity contribution in [2.24, 2.45) is 0 Å². The Kier molecular flexibility index (Phi) is 7.00. The molecule has 8 nitrogen and oxygen atoms in total. The number of thioether (sulfide) groups is 1. The van der Waals surface area contributed by atoms with Crippen LogP contribution in [0.3, 0.4) is 0 Å². The molecule has 0 bridgehead atoms. The van der Waals surface area contributed by atoms with Crippen LogP contribution in [0.5, 0.6) is 23.0 Å². The Morgan fingerprint density at radius 1 is 1.00 bits per heavy atom. The van der Waals surface area contributed by atoms with E-state index in [4.69, 9.17) is 30.5 Å². The van der Waals surface area contributed by atoms with Crippen molar-refractivity contribution in [3.63, 3.8) is 0 Å². The van der Waals surface area contributed by atoms with E-state index in [1.54, 1.807) is 57.6 Å². The van der Waals surface area contributed by atoms with Crippen LogP contribution in [0.2, 0.25) is 5.02 Å². The zero-order chi connectivity index (χ0) is 24.4. The monoisotopic (exact) mass is 501 g/mol. The number of methoxy groups -OCH3 is 4. The summed E-state index contributed by atoms with van der Waals surface area (Å²) >= 11 is 7.65. The second-order valence-electron chi connectivity index (χ2n) is 7.63. The summed E-state index contributed by atoms with van der Waals surface area (Å²) in [6.45, 7) is 0.291. The van der Waals surface area contributed by atoms with Crippen LogP contribution in [0, 0.1) is 11.3 Å². The van der Waals surface area contributed by atoms with E-state index < -0.39 is 5.92 Å². The van der Waals surface area contributed by atoms with Crippen LogP contribution in [0.25, 0.3) is 0 Å². The van der Waals surface area contributed by atoms with Gasteiger partial charge in [-0.05, 0) is 24.3 Å². The van der Waals surface area contributed by atoms with Crippen molar-refractivity contribution in [1.29, 1.82) is 5.26 Å². The number of halogens is 1. The zero-order valence-corrected chi connectivity index (χ0v) is 20.8. The lowest BCUT2D eigenvalue weighted by atomic mass is 9.85. The van der Waals surface area contributed by atoms with Gasteiger partial charge in [0.25, 0.3) is 0 Å². The molecule has 1 saturated heterocycles. The third-order valence-corrected chi connectivity index (χ3v) is 7.28. The van der Waals surface area contributed by atoms with Gasteiger partial charge in [-0.3, -0.25) is 9.69 Å². The minimum Gasteiger partial charge on any atom is -0.496 e. The first kappa shape index (κ1) is 23.9. The molecule has 0 aliphatic carbocycles. The van der Waals surface area contributed by atoms with E-state index in [1.807, 2.05) is 11.0 Å². The van der Waals surface area contributed by atoms with E-state index in [0.717, 1.165) is 5.69 Å². The van der Waals surface area contributed by atoms with Gasteiger partial charge < -0.3 is 23.8 Å². The van der Waals surface area contributed by atoms with Gasteiger partial charge in [0.1, 0.15) is 11.5 Å². The predicted octanol–water partition coefficient (Wildman–Crippen LogP) is 4.59. The Labute approximate surface area is 207 Å². The highest BCUT2D eigenvalue weighted by molar-refractivity contribution is 8.03. The van der Waals surface area contributed by atoms with E-state index in [0.29, 0.717) is 56.7 Å². The van der Waals surface area contributed by atoms with Crippen molar-refractivity contribution in [2.45, 2.75) is 12.3 Å². The molecule has 0 radical (unpaired) electrons. The summed E-state index contributed by atoms with van der Waals surface area (Å²) in [4.78, 5) is 17.0. The Morgan fingerprint density at radius 3 is 2.32 bits per heavy atom. The minimum atomic E-state index is -0.460. The molecule has 1 unspecified atom stereocenters. The average molecular weight is 502 g/mol. The van der Waals surface area contributed by atoms with Crippen LogP contribution in [-0.4, -0.2) is 51.8 Å². The molecule has 0 saturated carbocycles. The lowest BCUT2D eigenvalue weighted by Gasteiger charge is -2.42. The number of nitrogens with zero attached hydrogens (tertiary/aromatic N) is 3. The summed E-state index contributed by atoms with van der Waals surface area (Å²) in [5, 5.41) is 11.4. The minimum absolute atomic E-state index is 0.0889. The molecule has 2 heterocycles. The normalized spacial score (nSPS) is 17.8. The van der Waals surface area contributed by atoms with Crippen molar-refractivity contribution in [3.8, 4) is 29.1 Å². The molecule has 0 spiro atoms. The van der Waals surface area contributed by atoms with E-state index in [-0.39, 0.29) is 12.3 Å². The first-order valence-electron chi connectivity index (χ1n) is 10.4. The molecule has 10 heteroatoms. The number of hydrogen-bond acceptors (Lipinski definition) is 8. The maximum atomic E-state index is 13.3. The summed E-state index contributed by atoms with van der Waals surface area (Å²) in [5.74, 6) is 2.18. The fourth-order valence-electron chi connectivity index (χ4n) is 4.22. The standard InChI is InChI=1S/C24H24ClN3O5S/c1-30-19-6-5-14(25)7-18(19)27-12-28-23(29)9-15(17(11-26)24(28)34-13-27)16-8-21(32-3)22(33-4)10-20(16)31-2/h5-8,10,15H,9,12-13H2,1-4H3. The fraction of sp³-hybridized carbons (Fsp3) is 0.333. The quantitative estimate of drug-likeness (QED) is 0.568.